The quantitative estimate of drug-likeness (QED) is 0.870. The molecule has 0 amide bonds. The van der Waals surface area contributed by atoms with Crippen molar-refractivity contribution in [3.05, 3.63) is 34.7 Å². The van der Waals surface area contributed by atoms with E-state index in [0.29, 0.717) is 12.0 Å². The van der Waals surface area contributed by atoms with Crippen LogP contribution in [-0.2, 0) is 0 Å². The second-order valence-corrected chi connectivity index (χ2v) is 6.07. The van der Waals surface area contributed by atoms with Crippen molar-refractivity contribution < 1.29 is 0 Å². The summed E-state index contributed by atoms with van der Waals surface area (Å²) in [6.07, 6.45) is 0. The molecule has 18 heavy (non-hydrogen) atoms. The molecule has 1 heterocycles. The largest absolute Gasteiger partial charge is 0.382 e. The molecule has 2 nitrogen and oxygen atoms in total. The first kappa shape index (κ1) is 13.1. The summed E-state index contributed by atoms with van der Waals surface area (Å²) < 4.78 is 0. The highest BCUT2D eigenvalue weighted by Gasteiger charge is 2.07. The summed E-state index contributed by atoms with van der Waals surface area (Å²) in [7, 11) is 0. The SMILES string of the molecule is Cc1nc(-c2ccc(NC(C)C(C)C)cc2)cs1. The fourth-order valence-electron chi connectivity index (χ4n) is 1.66. The number of rotatable bonds is 4. The molecule has 0 fully saturated rings. The van der Waals surface area contributed by atoms with Gasteiger partial charge in [-0.25, -0.2) is 4.98 Å². The van der Waals surface area contributed by atoms with Gasteiger partial charge in [0, 0.05) is 22.7 Å². The molecule has 96 valence electrons. The zero-order valence-electron chi connectivity index (χ0n) is 11.4. The van der Waals surface area contributed by atoms with E-state index in [0.717, 1.165) is 10.7 Å². The lowest BCUT2D eigenvalue weighted by molar-refractivity contribution is 0.560. The van der Waals surface area contributed by atoms with Crippen molar-refractivity contribution in [1.29, 1.82) is 0 Å². The maximum atomic E-state index is 4.50. The van der Waals surface area contributed by atoms with E-state index in [1.54, 1.807) is 11.3 Å². The monoisotopic (exact) mass is 260 g/mol. The van der Waals surface area contributed by atoms with Crippen LogP contribution in [0.25, 0.3) is 11.3 Å². The van der Waals surface area contributed by atoms with E-state index in [9.17, 15) is 0 Å². The molecule has 0 aliphatic rings. The van der Waals surface area contributed by atoms with Crippen molar-refractivity contribution in [1.82, 2.24) is 4.98 Å². The van der Waals surface area contributed by atoms with Gasteiger partial charge in [0.05, 0.1) is 10.7 Å². The number of aromatic nitrogens is 1. The summed E-state index contributed by atoms with van der Waals surface area (Å²) in [4.78, 5) is 4.50. The van der Waals surface area contributed by atoms with E-state index in [-0.39, 0.29) is 0 Å². The van der Waals surface area contributed by atoms with Crippen LogP contribution in [-0.4, -0.2) is 11.0 Å². The molecule has 0 saturated heterocycles. The van der Waals surface area contributed by atoms with Crippen LogP contribution in [0.3, 0.4) is 0 Å². The molecule has 0 aliphatic heterocycles. The smallest absolute Gasteiger partial charge is 0.0901 e. The molecule has 2 aromatic rings. The lowest BCUT2D eigenvalue weighted by Crippen LogP contribution is -2.21. The average Bonchev–Trinajstić information content (AvgIpc) is 2.76. The van der Waals surface area contributed by atoms with Crippen LogP contribution in [0.4, 0.5) is 5.69 Å². The van der Waals surface area contributed by atoms with Crippen LogP contribution in [0.5, 0.6) is 0 Å². The van der Waals surface area contributed by atoms with E-state index < -0.39 is 0 Å². The van der Waals surface area contributed by atoms with E-state index in [4.69, 9.17) is 0 Å². The molecule has 1 aromatic heterocycles. The molecule has 1 N–H and O–H groups in total. The zero-order valence-corrected chi connectivity index (χ0v) is 12.2. The van der Waals surface area contributed by atoms with E-state index in [2.05, 4.69) is 60.7 Å². The second kappa shape index (κ2) is 5.53. The van der Waals surface area contributed by atoms with Crippen molar-refractivity contribution in [3.8, 4) is 11.3 Å². The van der Waals surface area contributed by atoms with E-state index in [1.807, 2.05) is 6.92 Å². The highest BCUT2D eigenvalue weighted by Crippen LogP contribution is 2.23. The molecule has 0 radical (unpaired) electrons. The van der Waals surface area contributed by atoms with Gasteiger partial charge in [-0.05, 0) is 31.9 Å². The maximum Gasteiger partial charge on any atom is 0.0901 e. The van der Waals surface area contributed by atoms with E-state index >= 15 is 0 Å². The Hall–Kier alpha value is -1.35. The Balaban J connectivity index is 2.10. The normalized spacial score (nSPS) is 12.7. The Morgan fingerprint density at radius 3 is 2.28 bits per heavy atom. The number of thiazole rings is 1. The molecular weight excluding hydrogens is 240 g/mol. The lowest BCUT2D eigenvalue weighted by atomic mass is 10.1. The Morgan fingerprint density at radius 2 is 1.78 bits per heavy atom. The molecule has 0 bridgehead atoms. The van der Waals surface area contributed by atoms with E-state index in [1.165, 1.54) is 11.3 Å². The summed E-state index contributed by atoms with van der Waals surface area (Å²) in [5.74, 6) is 0.630. The number of anilines is 1. The fraction of sp³-hybridized carbons (Fsp3) is 0.400. The number of aryl methyl sites for hydroxylation is 1. The minimum Gasteiger partial charge on any atom is -0.382 e. The number of nitrogens with zero attached hydrogens (tertiary/aromatic N) is 1. The van der Waals surface area contributed by atoms with Gasteiger partial charge in [-0.2, -0.15) is 0 Å². The highest BCUT2D eigenvalue weighted by molar-refractivity contribution is 7.09. The maximum absolute atomic E-state index is 4.50. The number of nitrogens with one attached hydrogen (secondary N) is 1. The van der Waals surface area contributed by atoms with Crippen LogP contribution in [0.1, 0.15) is 25.8 Å². The summed E-state index contributed by atoms with van der Waals surface area (Å²) in [6.45, 7) is 8.70. The van der Waals surface area contributed by atoms with Crippen LogP contribution >= 0.6 is 11.3 Å². The van der Waals surface area contributed by atoms with Crippen molar-refractivity contribution in [2.75, 3.05) is 5.32 Å². The Bertz CT molecular complexity index is 499. The third-order valence-electron chi connectivity index (χ3n) is 3.19. The Morgan fingerprint density at radius 1 is 1.11 bits per heavy atom. The topological polar surface area (TPSA) is 24.9 Å². The zero-order chi connectivity index (χ0) is 13.1. The molecule has 2 rings (SSSR count). The van der Waals surface area contributed by atoms with Gasteiger partial charge in [0.1, 0.15) is 0 Å². The minimum atomic E-state index is 0.484. The highest BCUT2D eigenvalue weighted by atomic mass is 32.1. The second-order valence-electron chi connectivity index (χ2n) is 5.01. The van der Waals surface area contributed by atoms with Gasteiger partial charge in [0.25, 0.3) is 0 Å². The summed E-state index contributed by atoms with van der Waals surface area (Å²) in [5, 5.41) is 6.72. The molecular formula is C15H20N2S. The lowest BCUT2D eigenvalue weighted by Gasteiger charge is -2.18. The predicted octanol–water partition coefficient (Wildman–Crippen LogP) is 4.57. The Kier molecular flexibility index (Phi) is 4.02. The predicted molar refractivity (Wildman–Crippen MR) is 80.2 cm³/mol. The van der Waals surface area contributed by atoms with Crippen molar-refractivity contribution in [2.24, 2.45) is 5.92 Å². The third kappa shape index (κ3) is 3.10. The fourth-order valence-corrected chi connectivity index (χ4v) is 2.28. The first-order valence-electron chi connectivity index (χ1n) is 6.35. The average molecular weight is 260 g/mol. The molecule has 3 heteroatoms. The first-order valence-corrected chi connectivity index (χ1v) is 7.23. The molecule has 1 atom stereocenters. The van der Waals surface area contributed by atoms with Gasteiger partial charge in [-0.15, -0.1) is 11.3 Å². The number of benzene rings is 1. The van der Waals surface area contributed by atoms with Crippen LogP contribution < -0.4 is 5.32 Å². The van der Waals surface area contributed by atoms with Gasteiger partial charge in [0.15, 0.2) is 0 Å². The summed E-state index contributed by atoms with van der Waals surface area (Å²) in [6, 6.07) is 9.00. The van der Waals surface area contributed by atoms with Crippen molar-refractivity contribution >= 4 is 17.0 Å². The van der Waals surface area contributed by atoms with Crippen molar-refractivity contribution in [2.45, 2.75) is 33.7 Å². The number of hydrogen-bond donors (Lipinski definition) is 1. The standard InChI is InChI=1S/C15H20N2S/c1-10(2)11(3)16-14-7-5-13(6-8-14)15-9-18-12(4)17-15/h5-11,16H,1-4H3. The summed E-state index contributed by atoms with van der Waals surface area (Å²) >= 11 is 1.69. The van der Waals surface area contributed by atoms with Crippen molar-refractivity contribution in [3.63, 3.8) is 0 Å². The van der Waals surface area contributed by atoms with Gasteiger partial charge in [-0.1, -0.05) is 26.0 Å². The molecule has 1 unspecified atom stereocenters. The molecule has 0 aliphatic carbocycles. The van der Waals surface area contributed by atoms with Crippen LogP contribution in [0, 0.1) is 12.8 Å². The number of hydrogen-bond acceptors (Lipinski definition) is 3. The molecule has 1 aromatic carbocycles. The van der Waals surface area contributed by atoms with Gasteiger partial charge < -0.3 is 5.32 Å². The summed E-state index contributed by atoms with van der Waals surface area (Å²) in [5.41, 5.74) is 3.43. The van der Waals surface area contributed by atoms with Gasteiger partial charge >= 0.3 is 0 Å². The van der Waals surface area contributed by atoms with Gasteiger partial charge in [-0.3, -0.25) is 0 Å². The third-order valence-corrected chi connectivity index (χ3v) is 3.97. The Labute approximate surface area is 113 Å². The minimum absolute atomic E-state index is 0.484. The first-order chi connectivity index (χ1) is 8.56. The van der Waals surface area contributed by atoms with Crippen LogP contribution in [0.2, 0.25) is 0 Å². The molecule has 0 saturated carbocycles. The molecule has 0 spiro atoms. The van der Waals surface area contributed by atoms with Crippen LogP contribution in [0.15, 0.2) is 29.6 Å². The van der Waals surface area contributed by atoms with Gasteiger partial charge in [0.2, 0.25) is 0 Å².